The Morgan fingerprint density at radius 3 is 2.74 bits per heavy atom. The van der Waals surface area contributed by atoms with E-state index in [1.165, 1.54) is 18.2 Å². The number of rotatable bonds is 3. The number of nitrogens with one attached hydrogen (secondary N) is 1. The summed E-state index contributed by atoms with van der Waals surface area (Å²) in [6.45, 7) is 0.414. The number of carbonyl (C=O) groups is 1. The maximum absolute atomic E-state index is 13.0. The average Bonchev–Trinajstić information content (AvgIpc) is 2.38. The Bertz CT molecular complexity index is 616. The third kappa shape index (κ3) is 3.51. The second-order valence-corrected chi connectivity index (χ2v) is 5.14. The second kappa shape index (κ2) is 6.12. The summed E-state index contributed by atoms with van der Waals surface area (Å²) in [5.41, 5.74) is 7.60. The molecular weight excluding hydrogens is 358 g/mol. The zero-order chi connectivity index (χ0) is 13.8. The van der Waals surface area contributed by atoms with E-state index >= 15 is 0 Å². The van der Waals surface area contributed by atoms with Crippen molar-refractivity contribution < 1.29 is 9.18 Å². The van der Waals surface area contributed by atoms with Crippen LogP contribution in [0.4, 0.5) is 10.1 Å². The van der Waals surface area contributed by atoms with Crippen LogP contribution in [0, 0.1) is 9.39 Å². The average molecular weight is 370 g/mol. The molecule has 5 heteroatoms. The van der Waals surface area contributed by atoms with Crippen LogP contribution in [0.5, 0.6) is 0 Å². The first kappa shape index (κ1) is 14.0. The van der Waals surface area contributed by atoms with Crippen molar-refractivity contribution in [2.75, 3.05) is 5.32 Å². The summed E-state index contributed by atoms with van der Waals surface area (Å²) in [6.07, 6.45) is 0. The van der Waals surface area contributed by atoms with E-state index in [0.717, 1.165) is 5.56 Å². The van der Waals surface area contributed by atoms with Gasteiger partial charge in [0, 0.05) is 15.8 Å². The molecule has 2 aromatic carbocycles. The van der Waals surface area contributed by atoms with Crippen LogP contribution in [0.15, 0.2) is 42.5 Å². The van der Waals surface area contributed by atoms with E-state index in [1.807, 2.05) is 40.8 Å². The van der Waals surface area contributed by atoms with Crippen molar-refractivity contribution >= 4 is 34.2 Å². The molecule has 0 aliphatic rings. The summed E-state index contributed by atoms with van der Waals surface area (Å²) < 4.78 is 13.6. The molecular formula is C14H12FIN2O. The molecule has 98 valence electrons. The Hall–Kier alpha value is -1.47. The molecule has 0 unspecified atom stereocenters. The minimum absolute atomic E-state index is 0.265. The van der Waals surface area contributed by atoms with E-state index in [0.29, 0.717) is 21.4 Å². The third-order valence-corrected chi connectivity index (χ3v) is 3.49. The topological polar surface area (TPSA) is 55.1 Å². The Kier molecular flexibility index (Phi) is 4.49. The minimum atomic E-state index is -0.355. The highest BCUT2D eigenvalue weighted by atomic mass is 127. The Morgan fingerprint density at radius 1 is 1.26 bits per heavy atom. The van der Waals surface area contributed by atoms with Gasteiger partial charge in [0.1, 0.15) is 5.82 Å². The van der Waals surface area contributed by atoms with E-state index in [4.69, 9.17) is 5.73 Å². The molecule has 19 heavy (non-hydrogen) atoms. The molecule has 0 radical (unpaired) electrons. The molecule has 0 saturated carbocycles. The molecule has 0 atom stereocenters. The van der Waals surface area contributed by atoms with Gasteiger partial charge in [-0.15, -0.1) is 0 Å². The summed E-state index contributed by atoms with van der Waals surface area (Å²) in [6, 6.07) is 11.4. The van der Waals surface area contributed by atoms with Gasteiger partial charge in [0.05, 0.1) is 5.56 Å². The molecule has 2 aromatic rings. The third-order valence-electron chi connectivity index (χ3n) is 2.60. The molecule has 0 aliphatic carbocycles. The maximum Gasteiger partial charge on any atom is 0.256 e. The van der Waals surface area contributed by atoms with Gasteiger partial charge in [-0.2, -0.15) is 0 Å². The molecule has 0 spiro atoms. The lowest BCUT2D eigenvalue weighted by atomic mass is 10.1. The minimum Gasteiger partial charge on any atom is -0.326 e. The lowest BCUT2D eigenvalue weighted by molar-refractivity contribution is 0.102. The predicted molar refractivity (Wildman–Crippen MR) is 81.4 cm³/mol. The molecule has 1 amide bonds. The van der Waals surface area contributed by atoms with Crippen LogP contribution >= 0.6 is 22.6 Å². The van der Waals surface area contributed by atoms with Crippen LogP contribution in [0.3, 0.4) is 0 Å². The van der Waals surface area contributed by atoms with E-state index in [9.17, 15) is 9.18 Å². The highest BCUT2D eigenvalue weighted by Gasteiger charge is 2.11. The van der Waals surface area contributed by atoms with Gasteiger partial charge in [-0.3, -0.25) is 4.79 Å². The van der Waals surface area contributed by atoms with Gasteiger partial charge >= 0.3 is 0 Å². The highest BCUT2D eigenvalue weighted by Crippen LogP contribution is 2.17. The first-order valence-electron chi connectivity index (χ1n) is 5.65. The van der Waals surface area contributed by atoms with Crippen molar-refractivity contribution in [2.24, 2.45) is 5.73 Å². The summed E-state index contributed by atoms with van der Waals surface area (Å²) in [5, 5.41) is 2.77. The van der Waals surface area contributed by atoms with Crippen LogP contribution in [0.1, 0.15) is 15.9 Å². The van der Waals surface area contributed by atoms with Gasteiger partial charge < -0.3 is 11.1 Å². The van der Waals surface area contributed by atoms with Gasteiger partial charge in [-0.1, -0.05) is 12.1 Å². The van der Waals surface area contributed by atoms with E-state index in [2.05, 4.69) is 5.32 Å². The number of carbonyl (C=O) groups excluding carboxylic acids is 1. The van der Waals surface area contributed by atoms with Crippen molar-refractivity contribution in [1.29, 1.82) is 0 Å². The maximum atomic E-state index is 13.0. The molecule has 2 rings (SSSR count). The fraction of sp³-hybridized carbons (Fsp3) is 0.0714. The molecule has 0 aromatic heterocycles. The number of halogens is 2. The largest absolute Gasteiger partial charge is 0.326 e. The molecule has 0 bridgehead atoms. The van der Waals surface area contributed by atoms with Crippen LogP contribution in [-0.2, 0) is 6.54 Å². The first-order chi connectivity index (χ1) is 9.10. The van der Waals surface area contributed by atoms with Crippen LogP contribution < -0.4 is 11.1 Å². The van der Waals surface area contributed by atoms with E-state index in [-0.39, 0.29) is 11.7 Å². The molecule has 3 nitrogen and oxygen atoms in total. The van der Waals surface area contributed by atoms with Crippen LogP contribution in [0.25, 0.3) is 0 Å². The predicted octanol–water partition coefficient (Wildman–Crippen LogP) is 3.14. The molecule has 0 fully saturated rings. The van der Waals surface area contributed by atoms with Crippen molar-refractivity contribution in [3.8, 4) is 0 Å². The Balaban J connectivity index is 2.20. The van der Waals surface area contributed by atoms with Crippen molar-refractivity contribution in [3.63, 3.8) is 0 Å². The normalized spacial score (nSPS) is 10.3. The summed E-state index contributed by atoms with van der Waals surface area (Å²) >= 11 is 1.94. The lowest BCUT2D eigenvalue weighted by Crippen LogP contribution is -2.13. The number of hydrogen-bond donors (Lipinski definition) is 2. The van der Waals surface area contributed by atoms with Crippen molar-refractivity contribution in [2.45, 2.75) is 6.54 Å². The quantitative estimate of drug-likeness (QED) is 0.816. The molecule has 0 heterocycles. The van der Waals surface area contributed by atoms with Gasteiger partial charge in [0.15, 0.2) is 0 Å². The van der Waals surface area contributed by atoms with Gasteiger partial charge in [0.25, 0.3) is 5.91 Å². The first-order valence-corrected chi connectivity index (χ1v) is 6.73. The number of hydrogen-bond acceptors (Lipinski definition) is 2. The summed E-state index contributed by atoms with van der Waals surface area (Å²) in [7, 11) is 0. The molecule has 0 aliphatic heterocycles. The van der Waals surface area contributed by atoms with Crippen molar-refractivity contribution in [1.82, 2.24) is 0 Å². The van der Waals surface area contributed by atoms with Gasteiger partial charge in [-0.25, -0.2) is 4.39 Å². The SMILES string of the molecule is NCc1cccc(NC(=O)c2ccc(F)cc2I)c1. The van der Waals surface area contributed by atoms with Crippen LogP contribution in [0.2, 0.25) is 0 Å². The molecule has 0 saturated heterocycles. The number of nitrogens with two attached hydrogens (primary N) is 1. The highest BCUT2D eigenvalue weighted by molar-refractivity contribution is 14.1. The summed E-state index contributed by atoms with van der Waals surface area (Å²) in [4.78, 5) is 12.1. The van der Waals surface area contributed by atoms with E-state index < -0.39 is 0 Å². The van der Waals surface area contributed by atoms with Gasteiger partial charge in [0.2, 0.25) is 0 Å². The standard InChI is InChI=1S/C14H12FIN2O/c15-10-4-5-12(13(16)7-10)14(19)18-11-3-1-2-9(6-11)8-17/h1-7H,8,17H2,(H,18,19). The zero-order valence-corrected chi connectivity index (χ0v) is 12.1. The fourth-order valence-electron chi connectivity index (χ4n) is 1.65. The Morgan fingerprint density at radius 2 is 2.05 bits per heavy atom. The number of anilines is 1. The Labute approximate surface area is 124 Å². The van der Waals surface area contributed by atoms with E-state index in [1.54, 1.807) is 6.07 Å². The molecule has 3 N–H and O–H groups in total. The van der Waals surface area contributed by atoms with Crippen molar-refractivity contribution in [3.05, 3.63) is 63.0 Å². The smallest absolute Gasteiger partial charge is 0.256 e. The monoisotopic (exact) mass is 370 g/mol. The number of benzene rings is 2. The fourth-order valence-corrected chi connectivity index (χ4v) is 2.37. The van der Waals surface area contributed by atoms with Crippen LogP contribution in [-0.4, -0.2) is 5.91 Å². The lowest BCUT2D eigenvalue weighted by Gasteiger charge is -2.08. The second-order valence-electron chi connectivity index (χ2n) is 3.98. The number of amides is 1. The zero-order valence-electron chi connectivity index (χ0n) is 9.99. The summed E-state index contributed by atoms with van der Waals surface area (Å²) in [5.74, 6) is -0.621. The van der Waals surface area contributed by atoms with Gasteiger partial charge in [-0.05, 0) is 58.5 Å².